The first-order valence-electron chi connectivity index (χ1n) is 11.0. The molecule has 1 aliphatic rings. The summed E-state index contributed by atoms with van der Waals surface area (Å²) in [6, 6.07) is 10.4. The van der Waals surface area contributed by atoms with Gasteiger partial charge in [0, 0.05) is 50.9 Å². The molecule has 0 bridgehead atoms. The second kappa shape index (κ2) is 9.75. The number of hydrogen-bond donors (Lipinski definition) is 3. The third-order valence-corrected chi connectivity index (χ3v) is 7.05. The Kier molecular flexibility index (Phi) is 6.81. The van der Waals surface area contributed by atoms with Crippen LogP contribution in [0.2, 0.25) is 0 Å². The lowest BCUT2D eigenvalue weighted by molar-refractivity contribution is 0.0956. The molecule has 7 nitrogen and oxygen atoms in total. The van der Waals surface area contributed by atoms with Gasteiger partial charge in [-0.3, -0.25) is 4.79 Å². The van der Waals surface area contributed by atoms with E-state index in [1.807, 2.05) is 26.1 Å². The van der Waals surface area contributed by atoms with Gasteiger partial charge in [0.1, 0.15) is 15.5 Å². The van der Waals surface area contributed by atoms with E-state index >= 15 is 0 Å². The van der Waals surface area contributed by atoms with Gasteiger partial charge in [-0.2, -0.15) is 0 Å². The molecule has 0 aliphatic carbocycles. The maximum absolute atomic E-state index is 13.0. The lowest BCUT2D eigenvalue weighted by Gasteiger charge is -2.31. The standard InChI is InChI=1S/C24H31N5O2S/c1-15(17-6-8-19(20(13-17)31-4)29-11-9-26-10-12-29)14-27-23(30)22-21(25-3)18-7-5-16(2)28-24(18)32-22/h5-8,13,15,25-26H,9-12,14H2,1-4H3,(H,27,30). The molecule has 1 atom stereocenters. The van der Waals surface area contributed by atoms with Crippen LogP contribution < -0.4 is 25.6 Å². The first-order chi connectivity index (χ1) is 15.5. The molecule has 3 N–H and O–H groups in total. The Labute approximate surface area is 193 Å². The molecule has 3 aromatic rings. The number of ether oxygens (including phenoxy) is 1. The van der Waals surface area contributed by atoms with Crippen molar-refractivity contribution in [3.8, 4) is 5.75 Å². The Morgan fingerprint density at radius 2 is 2.06 bits per heavy atom. The predicted molar refractivity (Wildman–Crippen MR) is 133 cm³/mol. The lowest BCUT2D eigenvalue weighted by atomic mass is 10.00. The van der Waals surface area contributed by atoms with Gasteiger partial charge in [-0.1, -0.05) is 13.0 Å². The van der Waals surface area contributed by atoms with Crippen LogP contribution in [0.1, 0.15) is 33.8 Å². The van der Waals surface area contributed by atoms with Gasteiger partial charge in [-0.25, -0.2) is 4.98 Å². The molecule has 170 valence electrons. The van der Waals surface area contributed by atoms with E-state index in [0.717, 1.165) is 64.8 Å². The van der Waals surface area contributed by atoms with Gasteiger partial charge in [-0.05, 0) is 42.7 Å². The molecule has 0 radical (unpaired) electrons. The molecule has 3 heterocycles. The fraction of sp³-hybridized carbons (Fsp3) is 0.417. The number of thiophene rings is 1. The van der Waals surface area contributed by atoms with Crippen LogP contribution in [0.25, 0.3) is 10.2 Å². The van der Waals surface area contributed by atoms with Crippen molar-refractivity contribution in [3.63, 3.8) is 0 Å². The number of rotatable bonds is 7. The van der Waals surface area contributed by atoms with Gasteiger partial charge in [-0.15, -0.1) is 11.3 Å². The first-order valence-corrected chi connectivity index (χ1v) is 11.8. The number of aryl methyl sites for hydroxylation is 1. The Morgan fingerprint density at radius 3 is 2.78 bits per heavy atom. The monoisotopic (exact) mass is 453 g/mol. The van der Waals surface area contributed by atoms with E-state index in [4.69, 9.17) is 4.74 Å². The number of aromatic nitrogens is 1. The summed E-state index contributed by atoms with van der Waals surface area (Å²) in [5.41, 5.74) is 4.05. The number of benzene rings is 1. The molecule has 2 aromatic heterocycles. The minimum atomic E-state index is -0.0775. The topological polar surface area (TPSA) is 78.5 Å². The van der Waals surface area contributed by atoms with Crippen LogP contribution in [0.4, 0.5) is 11.4 Å². The summed E-state index contributed by atoms with van der Waals surface area (Å²) < 4.78 is 5.69. The number of nitrogens with zero attached hydrogens (tertiary/aromatic N) is 2. The number of methoxy groups -OCH3 is 1. The van der Waals surface area contributed by atoms with Crippen molar-refractivity contribution in [2.24, 2.45) is 0 Å². The van der Waals surface area contributed by atoms with Crippen molar-refractivity contribution in [1.29, 1.82) is 0 Å². The minimum Gasteiger partial charge on any atom is -0.495 e. The number of piperazine rings is 1. The number of hydrogen-bond acceptors (Lipinski definition) is 7. The molecular weight excluding hydrogens is 422 g/mol. The summed E-state index contributed by atoms with van der Waals surface area (Å²) in [5, 5.41) is 10.6. The molecular formula is C24H31N5O2S. The predicted octanol–water partition coefficient (Wildman–Crippen LogP) is 3.60. The number of pyridine rings is 1. The molecule has 1 aliphatic heterocycles. The van der Waals surface area contributed by atoms with E-state index in [1.54, 1.807) is 7.11 Å². The molecule has 4 rings (SSSR count). The summed E-state index contributed by atoms with van der Waals surface area (Å²) in [6.07, 6.45) is 0. The number of nitrogens with one attached hydrogen (secondary N) is 3. The van der Waals surface area contributed by atoms with Gasteiger partial charge in [0.25, 0.3) is 5.91 Å². The highest BCUT2D eigenvalue weighted by Gasteiger charge is 2.20. The van der Waals surface area contributed by atoms with Crippen molar-refractivity contribution in [3.05, 3.63) is 46.5 Å². The molecule has 8 heteroatoms. The van der Waals surface area contributed by atoms with E-state index in [0.29, 0.717) is 11.4 Å². The van der Waals surface area contributed by atoms with Crippen LogP contribution in [0.5, 0.6) is 5.75 Å². The van der Waals surface area contributed by atoms with Crippen LogP contribution in [-0.4, -0.2) is 57.8 Å². The highest BCUT2D eigenvalue weighted by molar-refractivity contribution is 7.21. The second-order valence-electron chi connectivity index (χ2n) is 8.14. The third-order valence-electron chi connectivity index (χ3n) is 5.95. The lowest BCUT2D eigenvalue weighted by Crippen LogP contribution is -2.43. The van der Waals surface area contributed by atoms with E-state index in [9.17, 15) is 4.79 Å². The van der Waals surface area contributed by atoms with Gasteiger partial charge < -0.3 is 25.6 Å². The van der Waals surface area contributed by atoms with Crippen molar-refractivity contribution < 1.29 is 9.53 Å². The van der Waals surface area contributed by atoms with Gasteiger partial charge in [0.15, 0.2) is 0 Å². The zero-order valence-corrected chi connectivity index (χ0v) is 19.9. The zero-order valence-electron chi connectivity index (χ0n) is 19.1. The van der Waals surface area contributed by atoms with Crippen LogP contribution >= 0.6 is 11.3 Å². The first kappa shape index (κ1) is 22.4. The molecule has 32 heavy (non-hydrogen) atoms. The summed E-state index contributed by atoms with van der Waals surface area (Å²) in [7, 11) is 3.56. The second-order valence-corrected chi connectivity index (χ2v) is 9.14. The summed E-state index contributed by atoms with van der Waals surface area (Å²) in [5.74, 6) is 0.954. The quantitative estimate of drug-likeness (QED) is 0.507. The largest absolute Gasteiger partial charge is 0.495 e. The molecule has 1 fully saturated rings. The number of anilines is 2. The van der Waals surface area contributed by atoms with Gasteiger partial charge >= 0.3 is 0 Å². The smallest absolute Gasteiger partial charge is 0.263 e. The average Bonchev–Trinajstić information content (AvgIpc) is 3.20. The Bertz CT molecular complexity index is 1110. The highest BCUT2D eigenvalue weighted by Crippen LogP contribution is 2.35. The van der Waals surface area contributed by atoms with Crippen LogP contribution in [-0.2, 0) is 0 Å². The van der Waals surface area contributed by atoms with E-state index in [1.165, 1.54) is 11.3 Å². The summed E-state index contributed by atoms with van der Waals surface area (Å²) >= 11 is 1.43. The van der Waals surface area contributed by atoms with Crippen molar-refractivity contribution in [2.75, 3.05) is 57.1 Å². The molecule has 0 spiro atoms. The number of amides is 1. The Morgan fingerprint density at radius 1 is 1.28 bits per heavy atom. The molecule has 1 unspecified atom stereocenters. The van der Waals surface area contributed by atoms with Crippen molar-refractivity contribution in [1.82, 2.24) is 15.6 Å². The van der Waals surface area contributed by atoms with Gasteiger partial charge in [0.2, 0.25) is 0 Å². The van der Waals surface area contributed by atoms with Crippen LogP contribution in [0.3, 0.4) is 0 Å². The molecule has 1 amide bonds. The Balaban J connectivity index is 1.47. The van der Waals surface area contributed by atoms with Crippen molar-refractivity contribution >= 4 is 38.8 Å². The number of carbonyl (C=O) groups is 1. The molecule has 0 saturated carbocycles. The van der Waals surface area contributed by atoms with E-state index in [-0.39, 0.29) is 11.8 Å². The number of fused-ring (bicyclic) bond motifs is 1. The van der Waals surface area contributed by atoms with Gasteiger partial charge in [0.05, 0.1) is 18.5 Å². The fourth-order valence-electron chi connectivity index (χ4n) is 4.09. The summed E-state index contributed by atoms with van der Waals surface area (Å²) in [4.78, 5) is 21.5. The van der Waals surface area contributed by atoms with Crippen LogP contribution in [0.15, 0.2) is 30.3 Å². The fourth-order valence-corrected chi connectivity index (χ4v) is 5.23. The maximum Gasteiger partial charge on any atom is 0.263 e. The minimum absolute atomic E-state index is 0.0775. The zero-order chi connectivity index (χ0) is 22.7. The van der Waals surface area contributed by atoms with E-state index < -0.39 is 0 Å². The SMILES string of the molecule is CNc1c(C(=O)NCC(C)c2ccc(N3CCNCC3)c(OC)c2)sc2nc(C)ccc12. The number of carbonyl (C=O) groups excluding carboxylic acids is 1. The van der Waals surface area contributed by atoms with E-state index in [2.05, 4.69) is 51.0 Å². The third kappa shape index (κ3) is 4.52. The molecule has 1 saturated heterocycles. The van der Waals surface area contributed by atoms with Crippen molar-refractivity contribution in [2.45, 2.75) is 19.8 Å². The maximum atomic E-state index is 13.0. The molecule has 1 aromatic carbocycles. The normalized spacial score (nSPS) is 14.9. The Hall–Kier alpha value is -2.84. The van der Waals surface area contributed by atoms with Crippen LogP contribution in [0, 0.1) is 6.92 Å². The average molecular weight is 454 g/mol. The highest BCUT2D eigenvalue weighted by atomic mass is 32.1. The summed E-state index contributed by atoms with van der Waals surface area (Å²) in [6.45, 7) is 8.52.